The summed E-state index contributed by atoms with van der Waals surface area (Å²) >= 11 is 0. The maximum atomic E-state index is 11.9. The largest absolute Gasteiger partial charge is 0.507 e. The number of rotatable bonds is 2. The van der Waals surface area contributed by atoms with E-state index >= 15 is 0 Å². The van der Waals surface area contributed by atoms with Gasteiger partial charge in [-0.25, -0.2) is 4.79 Å². The van der Waals surface area contributed by atoms with E-state index in [0.29, 0.717) is 37.0 Å². The fourth-order valence-corrected chi connectivity index (χ4v) is 4.84. The molecule has 24 heavy (non-hydrogen) atoms. The molecule has 3 N–H and O–H groups in total. The molecule has 0 fully saturated rings. The van der Waals surface area contributed by atoms with Crippen LogP contribution in [0.3, 0.4) is 0 Å². The average Bonchev–Trinajstić information content (AvgIpc) is 2.92. The summed E-state index contributed by atoms with van der Waals surface area (Å²) < 4.78 is 5.22. The van der Waals surface area contributed by atoms with E-state index in [1.807, 2.05) is 12.1 Å². The first-order valence-corrected chi connectivity index (χ1v) is 8.50. The number of hydrogen-bond acceptors (Lipinski definition) is 5. The highest BCUT2D eigenvalue weighted by Gasteiger charge is 2.51. The van der Waals surface area contributed by atoms with Crippen LogP contribution < -0.4 is 0 Å². The zero-order valence-electron chi connectivity index (χ0n) is 13.7. The number of hydrogen-bond donors (Lipinski definition) is 3. The Morgan fingerprint density at radius 1 is 1.38 bits per heavy atom. The monoisotopic (exact) mass is 330 g/mol. The Balaban J connectivity index is 1.85. The number of aliphatic hydroxyl groups excluding tert-OH is 2. The van der Waals surface area contributed by atoms with Crippen molar-refractivity contribution in [2.75, 3.05) is 13.2 Å². The maximum absolute atomic E-state index is 11.9. The predicted octanol–water partition coefficient (Wildman–Crippen LogP) is 1.89. The lowest BCUT2D eigenvalue weighted by Gasteiger charge is -2.48. The van der Waals surface area contributed by atoms with Crippen LogP contribution in [0.2, 0.25) is 0 Å². The summed E-state index contributed by atoms with van der Waals surface area (Å²) in [7, 11) is 0. The summed E-state index contributed by atoms with van der Waals surface area (Å²) in [5.74, 6) is -0.0565. The Bertz CT molecular complexity index is 750. The van der Waals surface area contributed by atoms with Crippen molar-refractivity contribution in [3.8, 4) is 5.75 Å². The molecule has 1 aliphatic heterocycles. The fraction of sp³-hybridized carbons (Fsp3) is 0.526. The molecule has 0 saturated carbocycles. The minimum Gasteiger partial charge on any atom is -0.507 e. The Labute approximate surface area is 140 Å². The summed E-state index contributed by atoms with van der Waals surface area (Å²) in [6.45, 7) is 2.43. The van der Waals surface area contributed by atoms with Crippen LogP contribution in [0.5, 0.6) is 5.75 Å². The molecule has 0 aromatic heterocycles. The number of aliphatic hydroxyl groups is 2. The smallest absolute Gasteiger partial charge is 0.334 e. The summed E-state index contributed by atoms with van der Waals surface area (Å²) in [5, 5.41) is 30.5. The first kappa shape index (κ1) is 15.7. The zero-order chi connectivity index (χ0) is 17.1. The zero-order valence-corrected chi connectivity index (χ0v) is 13.7. The van der Waals surface area contributed by atoms with Gasteiger partial charge in [0.1, 0.15) is 12.4 Å². The molecule has 3 atom stereocenters. The van der Waals surface area contributed by atoms with Crippen molar-refractivity contribution in [1.82, 2.24) is 0 Å². The summed E-state index contributed by atoms with van der Waals surface area (Å²) in [4.78, 5) is 11.9. The molecule has 1 aromatic carbocycles. The van der Waals surface area contributed by atoms with E-state index in [-0.39, 0.29) is 29.7 Å². The number of phenolic OH excluding ortho intramolecular Hbond substituents is 1. The number of ether oxygens (including phenoxy) is 1. The third kappa shape index (κ3) is 1.98. The first-order chi connectivity index (χ1) is 11.5. The Morgan fingerprint density at radius 2 is 2.17 bits per heavy atom. The fourth-order valence-electron chi connectivity index (χ4n) is 4.84. The second-order valence-electron chi connectivity index (χ2n) is 7.31. The number of phenols is 1. The van der Waals surface area contributed by atoms with Gasteiger partial charge in [0.05, 0.1) is 6.10 Å². The highest BCUT2D eigenvalue weighted by molar-refractivity contribution is 5.92. The molecule has 0 saturated heterocycles. The predicted molar refractivity (Wildman–Crippen MR) is 86.5 cm³/mol. The van der Waals surface area contributed by atoms with Gasteiger partial charge in [-0.1, -0.05) is 19.1 Å². The molecule has 0 bridgehead atoms. The van der Waals surface area contributed by atoms with Crippen LogP contribution in [0.15, 0.2) is 23.3 Å². The van der Waals surface area contributed by atoms with E-state index in [4.69, 9.17) is 9.84 Å². The molecule has 3 aliphatic rings. The van der Waals surface area contributed by atoms with E-state index < -0.39 is 6.10 Å². The molecule has 0 radical (unpaired) electrons. The van der Waals surface area contributed by atoms with Gasteiger partial charge < -0.3 is 20.1 Å². The van der Waals surface area contributed by atoms with Crippen molar-refractivity contribution >= 4 is 5.97 Å². The molecule has 128 valence electrons. The van der Waals surface area contributed by atoms with Gasteiger partial charge in [-0.2, -0.15) is 0 Å². The lowest BCUT2D eigenvalue weighted by molar-refractivity contribution is -0.136. The number of esters is 1. The molecule has 4 rings (SSSR count). The van der Waals surface area contributed by atoms with Crippen molar-refractivity contribution in [1.29, 1.82) is 0 Å². The van der Waals surface area contributed by atoms with Gasteiger partial charge >= 0.3 is 5.97 Å². The van der Waals surface area contributed by atoms with Crippen LogP contribution in [0.4, 0.5) is 0 Å². The highest BCUT2D eigenvalue weighted by atomic mass is 16.5. The van der Waals surface area contributed by atoms with E-state index in [1.54, 1.807) is 0 Å². The van der Waals surface area contributed by atoms with Crippen molar-refractivity contribution < 1.29 is 24.9 Å². The van der Waals surface area contributed by atoms with Crippen LogP contribution in [-0.4, -0.2) is 34.5 Å². The van der Waals surface area contributed by atoms with Crippen LogP contribution in [0.25, 0.3) is 0 Å². The van der Waals surface area contributed by atoms with Crippen LogP contribution in [0.1, 0.15) is 49.0 Å². The minimum atomic E-state index is -0.778. The number of fused-ring (bicyclic) bond motifs is 4. The molecule has 0 spiro atoms. The number of carbonyl (C=O) groups is 1. The van der Waals surface area contributed by atoms with E-state index in [0.717, 1.165) is 23.1 Å². The number of benzene rings is 1. The van der Waals surface area contributed by atoms with E-state index in [9.17, 15) is 15.0 Å². The minimum absolute atomic E-state index is 0.0436. The number of carbonyl (C=O) groups excluding carboxylic acids is 1. The quantitative estimate of drug-likeness (QED) is 0.721. The van der Waals surface area contributed by atoms with Crippen LogP contribution in [0, 0.1) is 5.92 Å². The maximum Gasteiger partial charge on any atom is 0.334 e. The molecule has 5 nitrogen and oxygen atoms in total. The summed E-state index contributed by atoms with van der Waals surface area (Å²) in [6.07, 6.45) is 1.54. The number of cyclic esters (lactones) is 1. The van der Waals surface area contributed by atoms with Gasteiger partial charge in [0.2, 0.25) is 0 Å². The molecular weight excluding hydrogens is 308 g/mol. The van der Waals surface area contributed by atoms with Gasteiger partial charge in [-0.15, -0.1) is 0 Å². The van der Waals surface area contributed by atoms with E-state index in [1.165, 1.54) is 0 Å². The second-order valence-corrected chi connectivity index (χ2v) is 7.31. The van der Waals surface area contributed by atoms with Crippen molar-refractivity contribution in [3.63, 3.8) is 0 Å². The Hall–Kier alpha value is -1.85. The van der Waals surface area contributed by atoms with Crippen LogP contribution >= 0.6 is 0 Å². The third-order valence-corrected chi connectivity index (χ3v) is 6.17. The average molecular weight is 330 g/mol. The molecule has 2 aliphatic carbocycles. The topological polar surface area (TPSA) is 87.0 Å². The van der Waals surface area contributed by atoms with Gasteiger partial charge in [0, 0.05) is 23.2 Å². The van der Waals surface area contributed by atoms with E-state index in [2.05, 4.69) is 6.92 Å². The van der Waals surface area contributed by atoms with Crippen molar-refractivity contribution in [2.24, 2.45) is 5.92 Å². The molecular formula is C19H22O5. The first-order valence-electron chi connectivity index (χ1n) is 8.50. The van der Waals surface area contributed by atoms with Crippen molar-refractivity contribution in [3.05, 3.63) is 40.0 Å². The standard InChI is InChI=1S/C19H22O5/c1-19-6-4-11-12(9-24-18(11)23)14(19)8-15(21)16-13(19)3-2-10(5-7-20)17(16)22/h2-3,14-15,20-22H,4-9H2,1H3/t14-,15-,19+/m0/s1. The Kier molecular flexibility index (Phi) is 3.48. The Morgan fingerprint density at radius 3 is 2.92 bits per heavy atom. The van der Waals surface area contributed by atoms with Crippen molar-refractivity contribution in [2.45, 2.75) is 44.1 Å². The molecule has 0 unspecified atom stereocenters. The molecule has 0 amide bonds. The molecule has 5 heteroatoms. The van der Waals surface area contributed by atoms with Gasteiger partial charge in [-0.05, 0) is 48.3 Å². The third-order valence-electron chi connectivity index (χ3n) is 6.17. The second kappa shape index (κ2) is 5.33. The lowest BCUT2D eigenvalue weighted by atomic mass is 9.56. The number of aromatic hydroxyl groups is 1. The normalized spacial score (nSPS) is 31.4. The highest BCUT2D eigenvalue weighted by Crippen LogP contribution is 2.57. The van der Waals surface area contributed by atoms with Gasteiger partial charge in [0.15, 0.2) is 0 Å². The SMILES string of the molecule is C[C@]12CCC3=C(COC3=O)[C@@H]1C[C@H](O)c1c2ccc(CCO)c1O. The summed E-state index contributed by atoms with van der Waals surface area (Å²) in [6, 6.07) is 3.81. The summed E-state index contributed by atoms with van der Waals surface area (Å²) in [5.41, 5.74) is 3.79. The van der Waals surface area contributed by atoms with Crippen LogP contribution in [-0.2, 0) is 21.4 Å². The van der Waals surface area contributed by atoms with Gasteiger partial charge in [-0.3, -0.25) is 0 Å². The molecule has 1 heterocycles. The molecule has 1 aromatic rings. The van der Waals surface area contributed by atoms with Gasteiger partial charge in [0.25, 0.3) is 0 Å². The lowest BCUT2D eigenvalue weighted by Crippen LogP contribution is -2.42.